The molecule has 0 saturated carbocycles. The zero-order chi connectivity index (χ0) is 28.8. The molecule has 5 heteroatoms. The molecule has 0 bridgehead atoms. The summed E-state index contributed by atoms with van der Waals surface area (Å²) < 4.78 is 0. The fourth-order valence-corrected chi connectivity index (χ4v) is 5.45. The van der Waals surface area contributed by atoms with E-state index in [2.05, 4.69) is 88.0 Å². The number of allylic oxidation sites excluding steroid dienone is 1. The Labute approximate surface area is 255 Å². The first kappa shape index (κ1) is 31.5. The number of ketones is 1. The van der Waals surface area contributed by atoms with E-state index < -0.39 is 0 Å². The summed E-state index contributed by atoms with van der Waals surface area (Å²) in [5, 5.41) is 11.8. The largest absolute Gasteiger partial charge is 1.00 e. The van der Waals surface area contributed by atoms with E-state index in [1.165, 1.54) is 44.8 Å². The Hall–Kier alpha value is -4.05. The van der Waals surface area contributed by atoms with Crippen molar-refractivity contribution < 1.29 is 27.0 Å². The van der Waals surface area contributed by atoms with Crippen LogP contribution in [0.2, 0.25) is 0 Å². The number of rotatable bonds is 5. The van der Waals surface area contributed by atoms with Crippen molar-refractivity contribution in [3.63, 3.8) is 0 Å². The number of carbonyl (C=O) groups excluding carboxylic acids is 1. The van der Waals surface area contributed by atoms with Crippen LogP contribution in [-0.4, -0.2) is 12.5 Å². The van der Waals surface area contributed by atoms with Crippen molar-refractivity contribution in [2.45, 2.75) is 41.5 Å². The summed E-state index contributed by atoms with van der Waals surface area (Å²) in [4.78, 5) is 16.5. The molecule has 1 aliphatic rings. The Morgan fingerprint density at radius 2 is 1.00 bits per heavy atom. The minimum absolute atomic E-state index is 0. The minimum Gasteiger partial charge on any atom is -0.872 e. The molecule has 0 fully saturated rings. The molecule has 0 aliphatic carbocycles. The molecule has 0 amide bonds. The summed E-state index contributed by atoms with van der Waals surface area (Å²) in [5.74, 6) is -0.529. The number of hydrogen-bond donors (Lipinski definition) is 0. The smallest absolute Gasteiger partial charge is 0.872 e. The Bertz CT molecular complexity index is 1450. The van der Waals surface area contributed by atoms with Crippen molar-refractivity contribution in [3.8, 4) is 0 Å². The molecule has 214 valence electrons. The number of benzene rings is 4. The molecule has 0 radical (unpaired) electrons. The zero-order valence-electron chi connectivity index (χ0n) is 24.5. The van der Waals surface area contributed by atoms with Gasteiger partial charge in [0.05, 0.1) is 6.67 Å². The number of nitrogens with zero attached hydrogens (tertiary/aromatic N) is 2. The Kier molecular flexibility index (Phi) is 10.8. The van der Waals surface area contributed by atoms with Gasteiger partial charge in [0.2, 0.25) is 0 Å². The predicted octanol–water partition coefficient (Wildman–Crippen LogP) is 7.56. The van der Waals surface area contributed by atoms with Gasteiger partial charge >= 0.3 is 17.1 Å². The summed E-state index contributed by atoms with van der Waals surface area (Å²) in [6.45, 7) is 14.0. The maximum absolute atomic E-state index is 11.8. The molecule has 0 saturated heterocycles. The van der Waals surface area contributed by atoms with E-state index in [4.69, 9.17) is 0 Å². The van der Waals surface area contributed by atoms with Crippen LogP contribution in [0.4, 0.5) is 11.4 Å². The molecule has 1 aliphatic heterocycles. The van der Waals surface area contributed by atoms with Gasteiger partial charge in [-0.05, 0) is 75.4 Å². The van der Waals surface area contributed by atoms with E-state index in [0.29, 0.717) is 11.1 Å². The average molecular weight is 593 g/mol. The molecule has 4 nitrogen and oxygen atoms in total. The van der Waals surface area contributed by atoms with Gasteiger partial charge in [-0.3, -0.25) is 4.79 Å². The Morgan fingerprint density at radius 1 is 0.634 bits per heavy atom. The van der Waals surface area contributed by atoms with E-state index in [1.54, 1.807) is 48.5 Å². The summed E-state index contributed by atoms with van der Waals surface area (Å²) in [5.41, 5.74) is 11.7. The summed E-state index contributed by atoms with van der Waals surface area (Å²) in [6, 6.07) is 26.6. The van der Waals surface area contributed by atoms with Crippen molar-refractivity contribution in [2.24, 2.45) is 0 Å². The third-order valence-corrected chi connectivity index (χ3v) is 6.96. The molecule has 4 aromatic rings. The molecule has 0 spiro atoms. The zero-order valence-corrected chi connectivity index (χ0v) is 25.5. The summed E-state index contributed by atoms with van der Waals surface area (Å²) in [6.07, 6.45) is 5.53. The third kappa shape index (κ3) is 7.79. The van der Waals surface area contributed by atoms with Gasteiger partial charge < -0.3 is 14.9 Å². The van der Waals surface area contributed by atoms with Crippen LogP contribution in [0, 0.1) is 41.5 Å². The fourth-order valence-electron chi connectivity index (χ4n) is 5.45. The molecule has 0 atom stereocenters. The monoisotopic (exact) mass is 592 g/mol. The van der Waals surface area contributed by atoms with E-state index >= 15 is 0 Å². The molecule has 1 heterocycles. The maximum atomic E-state index is 11.8. The van der Waals surface area contributed by atoms with Crippen molar-refractivity contribution >= 4 is 22.9 Å². The van der Waals surface area contributed by atoms with Crippen molar-refractivity contribution in [2.75, 3.05) is 16.5 Å². The third-order valence-electron chi connectivity index (χ3n) is 6.96. The Morgan fingerprint density at radius 3 is 1.39 bits per heavy atom. The van der Waals surface area contributed by atoms with Crippen LogP contribution in [0.1, 0.15) is 49.3 Å². The predicted molar refractivity (Wildman–Crippen MR) is 165 cm³/mol. The van der Waals surface area contributed by atoms with E-state index in [9.17, 15) is 9.90 Å². The first-order valence-corrected chi connectivity index (χ1v) is 13.5. The number of anilines is 2. The van der Waals surface area contributed by atoms with Crippen LogP contribution < -0.4 is 14.9 Å². The Balaban J connectivity index is 0.000000230. The first-order valence-electron chi connectivity index (χ1n) is 13.5. The van der Waals surface area contributed by atoms with Gasteiger partial charge in [-0.25, -0.2) is 0 Å². The van der Waals surface area contributed by atoms with Gasteiger partial charge in [0.25, 0.3) is 0 Å². The standard InChI is InChI=1S/C21H26N2.C15H12O2.Cu/c1-14-9-16(3)20(17(4)10-14)22-7-8-23(13-22)21-18(5)11-15(2)12-19(21)6;16-14(12-7-3-1-4-8-12)11-15(17)13-9-5-2-6-10-13;/h7-12H,13H2,1-6H3;1-11,16H;/q;;+1/p-1/b;14-11-;. The van der Waals surface area contributed by atoms with Crippen molar-refractivity contribution in [1.82, 2.24) is 0 Å². The average Bonchev–Trinajstić information content (AvgIpc) is 3.37. The van der Waals surface area contributed by atoms with E-state index in [0.717, 1.165) is 12.7 Å². The number of aryl methyl sites for hydroxylation is 6. The molecular weight excluding hydrogens is 556 g/mol. The maximum Gasteiger partial charge on any atom is 1.00 e. The van der Waals surface area contributed by atoms with Crippen LogP contribution in [0.15, 0.2) is 103 Å². The SMILES string of the molecule is Cc1cc(C)c(N2C=CN(c3c(C)cc(C)cc3C)C2)c(C)c1.O=C(/C=C(\[O-])c1ccccc1)c1ccccc1.[Cu+]. The van der Waals surface area contributed by atoms with Gasteiger partial charge in [-0.15, -0.1) is 0 Å². The molecule has 41 heavy (non-hydrogen) atoms. The molecule has 0 aromatic heterocycles. The van der Waals surface area contributed by atoms with Crippen LogP contribution in [0.25, 0.3) is 5.76 Å². The van der Waals surface area contributed by atoms with Crippen molar-refractivity contribution in [1.29, 1.82) is 0 Å². The van der Waals surface area contributed by atoms with Gasteiger partial charge in [-0.2, -0.15) is 0 Å². The van der Waals surface area contributed by atoms with Gasteiger partial charge in [-0.1, -0.05) is 102 Å². The molecule has 4 aromatic carbocycles. The minimum atomic E-state index is -0.264. The molecular formula is C36H37CuN2O2. The van der Waals surface area contributed by atoms with Crippen LogP contribution in [0.5, 0.6) is 0 Å². The second-order valence-electron chi connectivity index (χ2n) is 10.5. The topological polar surface area (TPSA) is 46.6 Å². The van der Waals surface area contributed by atoms with Gasteiger partial charge in [0.1, 0.15) is 0 Å². The van der Waals surface area contributed by atoms with Gasteiger partial charge in [0.15, 0.2) is 5.78 Å². The summed E-state index contributed by atoms with van der Waals surface area (Å²) in [7, 11) is 0. The molecule has 5 rings (SSSR count). The number of hydrogen-bond acceptors (Lipinski definition) is 4. The van der Waals surface area contributed by atoms with Gasteiger partial charge in [0, 0.05) is 29.3 Å². The van der Waals surface area contributed by atoms with Crippen LogP contribution in [0.3, 0.4) is 0 Å². The fraction of sp³-hybridized carbons (Fsp3) is 0.194. The molecule has 0 unspecified atom stereocenters. The van der Waals surface area contributed by atoms with E-state index in [-0.39, 0.29) is 28.6 Å². The first-order chi connectivity index (χ1) is 19.1. The van der Waals surface area contributed by atoms with E-state index in [1.807, 2.05) is 12.1 Å². The van der Waals surface area contributed by atoms with Crippen LogP contribution in [-0.2, 0) is 17.1 Å². The number of carbonyl (C=O) groups is 1. The molecule has 0 N–H and O–H groups in total. The summed E-state index contributed by atoms with van der Waals surface area (Å²) >= 11 is 0. The second-order valence-corrected chi connectivity index (χ2v) is 10.5. The van der Waals surface area contributed by atoms with Crippen LogP contribution >= 0.6 is 0 Å². The normalized spacial score (nSPS) is 12.5. The quantitative estimate of drug-likeness (QED) is 0.104. The van der Waals surface area contributed by atoms with Crippen molar-refractivity contribution in [3.05, 3.63) is 148 Å². The second kappa shape index (κ2) is 14.0.